The minimum Gasteiger partial charge on any atom is -0.322 e. The number of anilines is 2. The Bertz CT molecular complexity index is 1220. The Kier molecular flexibility index (Phi) is 6.36. The Hall–Kier alpha value is -2.61. The number of halogens is 3. The molecule has 1 amide bonds. The summed E-state index contributed by atoms with van der Waals surface area (Å²) in [6.07, 6.45) is 0. The average Bonchev–Trinajstić information content (AvgIpc) is 2.70. The van der Waals surface area contributed by atoms with Crippen LogP contribution < -0.4 is 9.62 Å². The number of sulfonamides is 1. The largest absolute Gasteiger partial charge is 0.322 e. The summed E-state index contributed by atoms with van der Waals surface area (Å²) in [4.78, 5) is 12.6. The van der Waals surface area contributed by atoms with Crippen molar-refractivity contribution in [3.8, 4) is 0 Å². The molecule has 0 aliphatic carbocycles. The van der Waals surface area contributed by atoms with Crippen molar-refractivity contribution >= 4 is 50.5 Å². The van der Waals surface area contributed by atoms with E-state index in [1.807, 2.05) is 0 Å². The van der Waals surface area contributed by atoms with E-state index < -0.39 is 21.7 Å². The minimum atomic E-state index is -4.01. The van der Waals surface area contributed by atoms with Gasteiger partial charge in [-0.1, -0.05) is 23.2 Å². The molecule has 0 aliphatic heterocycles. The smallest absolute Gasteiger partial charge is 0.264 e. The molecular weight excluding hydrogens is 450 g/mol. The molecule has 0 aliphatic rings. The summed E-state index contributed by atoms with van der Waals surface area (Å²) in [6.45, 7) is 1.78. The first-order valence-corrected chi connectivity index (χ1v) is 10.9. The predicted molar refractivity (Wildman–Crippen MR) is 118 cm³/mol. The molecule has 0 fully saturated rings. The van der Waals surface area contributed by atoms with Crippen molar-refractivity contribution in [2.45, 2.75) is 11.8 Å². The zero-order chi connectivity index (χ0) is 22.1. The summed E-state index contributed by atoms with van der Waals surface area (Å²) in [7, 11) is -2.67. The molecule has 0 spiro atoms. The number of carbonyl (C=O) groups excluding carboxylic acids is 1. The molecule has 5 nitrogen and oxygen atoms in total. The van der Waals surface area contributed by atoms with Crippen LogP contribution in [0.1, 0.15) is 15.9 Å². The number of hydrogen-bond donors (Lipinski definition) is 1. The molecule has 3 aromatic rings. The van der Waals surface area contributed by atoms with E-state index >= 15 is 0 Å². The van der Waals surface area contributed by atoms with E-state index in [0.717, 1.165) is 22.0 Å². The lowest BCUT2D eigenvalue weighted by molar-refractivity contribution is 0.102. The molecular formula is C21H17Cl2FN2O3S. The van der Waals surface area contributed by atoms with E-state index in [4.69, 9.17) is 23.2 Å². The molecule has 3 rings (SSSR count). The number of rotatable bonds is 5. The Labute approximate surface area is 184 Å². The van der Waals surface area contributed by atoms with E-state index in [9.17, 15) is 17.6 Å². The SMILES string of the molecule is Cc1cc(Cl)ccc1NC(=O)c1cc(S(=O)(=O)N(C)c2ccc(F)cc2)ccc1Cl. The molecule has 0 radical (unpaired) electrons. The first kappa shape index (κ1) is 22.1. The van der Waals surface area contributed by atoms with Crippen LogP contribution in [0.5, 0.6) is 0 Å². The molecule has 1 N–H and O–H groups in total. The van der Waals surface area contributed by atoms with Gasteiger partial charge in [-0.05, 0) is 73.2 Å². The number of nitrogens with one attached hydrogen (secondary N) is 1. The summed E-state index contributed by atoms with van der Waals surface area (Å²) in [5.41, 5.74) is 1.54. The Balaban J connectivity index is 1.93. The van der Waals surface area contributed by atoms with E-state index in [2.05, 4.69) is 5.32 Å². The highest BCUT2D eigenvalue weighted by Crippen LogP contribution is 2.27. The van der Waals surface area contributed by atoms with E-state index in [0.29, 0.717) is 10.7 Å². The molecule has 0 unspecified atom stereocenters. The number of nitrogens with zero attached hydrogens (tertiary/aromatic N) is 1. The Morgan fingerprint density at radius 3 is 2.30 bits per heavy atom. The molecule has 156 valence electrons. The van der Waals surface area contributed by atoms with Gasteiger partial charge in [0, 0.05) is 17.8 Å². The lowest BCUT2D eigenvalue weighted by atomic mass is 10.1. The number of carbonyl (C=O) groups is 1. The minimum absolute atomic E-state index is 0.000372. The van der Waals surface area contributed by atoms with Crippen LogP contribution in [0.15, 0.2) is 65.6 Å². The van der Waals surface area contributed by atoms with Crippen LogP contribution in [-0.4, -0.2) is 21.4 Å². The predicted octanol–water partition coefficient (Wildman–Crippen LogP) is 5.52. The topological polar surface area (TPSA) is 66.5 Å². The maximum absolute atomic E-state index is 13.2. The summed E-state index contributed by atoms with van der Waals surface area (Å²) >= 11 is 12.1. The van der Waals surface area contributed by atoms with Gasteiger partial charge < -0.3 is 5.32 Å². The second-order valence-electron chi connectivity index (χ2n) is 6.50. The maximum Gasteiger partial charge on any atom is 0.264 e. The maximum atomic E-state index is 13.2. The van der Waals surface area contributed by atoms with Crippen LogP contribution in [0.2, 0.25) is 10.0 Å². The summed E-state index contributed by atoms with van der Waals surface area (Å²) in [5, 5.41) is 3.34. The van der Waals surface area contributed by atoms with Crippen LogP contribution in [0.25, 0.3) is 0 Å². The summed E-state index contributed by atoms with van der Waals surface area (Å²) in [6, 6.07) is 13.8. The van der Waals surface area contributed by atoms with Crippen molar-refractivity contribution in [3.63, 3.8) is 0 Å². The molecule has 0 atom stereocenters. The van der Waals surface area contributed by atoms with Crippen LogP contribution in [0.4, 0.5) is 15.8 Å². The van der Waals surface area contributed by atoms with Gasteiger partial charge in [-0.2, -0.15) is 0 Å². The lowest BCUT2D eigenvalue weighted by Crippen LogP contribution is -2.27. The molecule has 0 bridgehead atoms. The van der Waals surface area contributed by atoms with Crippen LogP contribution in [0.3, 0.4) is 0 Å². The van der Waals surface area contributed by atoms with Gasteiger partial charge in [0.15, 0.2) is 0 Å². The van der Waals surface area contributed by atoms with Gasteiger partial charge in [-0.25, -0.2) is 12.8 Å². The number of amides is 1. The number of hydrogen-bond acceptors (Lipinski definition) is 3. The van der Waals surface area contributed by atoms with Crippen molar-refractivity contribution in [2.24, 2.45) is 0 Å². The average molecular weight is 467 g/mol. The van der Waals surface area contributed by atoms with Crippen molar-refractivity contribution in [3.05, 3.63) is 87.7 Å². The fourth-order valence-electron chi connectivity index (χ4n) is 2.74. The molecule has 0 aromatic heterocycles. The standard InChI is InChI=1S/C21H17Cl2FN2O3S/c1-13-11-14(22)3-10-20(13)25-21(27)18-12-17(8-9-19(18)23)30(28,29)26(2)16-6-4-15(24)5-7-16/h3-12H,1-2H3,(H,25,27). The van der Waals surface area contributed by atoms with E-state index in [1.165, 1.54) is 37.4 Å². The summed E-state index contributed by atoms with van der Waals surface area (Å²) < 4.78 is 40.1. The van der Waals surface area contributed by atoms with Gasteiger partial charge in [0.2, 0.25) is 0 Å². The quantitative estimate of drug-likeness (QED) is 0.538. The first-order chi connectivity index (χ1) is 14.1. The number of aryl methyl sites for hydroxylation is 1. The third kappa shape index (κ3) is 4.59. The fourth-order valence-corrected chi connectivity index (χ4v) is 4.40. The van der Waals surface area contributed by atoms with Crippen molar-refractivity contribution in [1.82, 2.24) is 0 Å². The molecule has 0 heterocycles. The Morgan fingerprint density at radius 1 is 1.00 bits per heavy atom. The highest BCUT2D eigenvalue weighted by molar-refractivity contribution is 7.92. The van der Waals surface area contributed by atoms with Gasteiger partial charge in [0.05, 0.1) is 21.2 Å². The van der Waals surface area contributed by atoms with E-state index in [-0.39, 0.29) is 21.2 Å². The third-order valence-electron chi connectivity index (χ3n) is 4.47. The van der Waals surface area contributed by atoms with Crippen molar-refractivity contribution in [2.75, 3.05) is 16.7 Å². The zero-order valence-corrected chi connectivity index (χ0v) is 18.3. The van der Waals surface area contributed by atoms with Crippen LogP contribution in [-0.2, 0) is 10.0 Å². The monoisotopic (exact) mass is 466 g/mol. The molecule has 9 heteroatoms. The van der Waals surface area contributed by atoms with Gasteiger partial charge >= 0.3 is 0 Å². The fraction of sp³-hybridized carbons (Fsp3) is 0.0952. The first-order valence-electron chi connectivity index (χ1n) is 8.71. The second kappa shape index (κ2) is 8.63. The Morgan fingerprint density at radius 2 is 1.67 bits per heavy atom. The van der Waals surface area contributed by atoms with Gasteiger partial charge in [-0.3, -0.25) is 9.10 Å². The lowest BCUT2D eigenvalue weighted by Gasteiger charge is -2.20. The summed E-state index contributed by atoms with van der Waals surface area (Å²) in [5.74, 6) is -1.04. The highest BCUT2D eigenvalue weighted by atomic mass is 35.5. The molecule has 30 heavy (non-hydrogen) atoms. The van der Waals surface area contributed by atoms with Crippen LogP contribution in [0, 0.1) is 12.7 Å². The van der Waals surface area contributed by atoms with Crippen molar-refractivity contribution in [1.29, 1.82) is 0 Å². The van der Waals surface area contributed by atoms with E-state index in [1.54, 1.807) is 25.1 Å². The number of benzene rings is 3. The second-order valence-corrected chi connectivity index (χ2v) is 9.32. The van der Waals surface area contributed by atoms with Crippen molar-refractivity contribution < 1.29 is 17.6 Å². The third-order valence-corrected chi connectivity index (χ3v) is 6.81. The normalized spacial score (nSPS) is 11.2. The van der Waals surface area contributed by atoms with Gasteiger partial charge in [0.25, 0.3) is 15.9 Å². The molecule has 0 saturated heterocycles. The van der Waals surface area contributed by atoms with Crippen LogP contribution >= 0.6 is 23.2 Å². The van der Waals surface area contributed by atoms with Gasteiger partial charge in [0.1, 0.15) is 5.82 Å². The molecule has 3 aromatic carbocycles. The highest BCUT2D eigenvalue weighted by Gasteiger charge is 2.24. The zero-order valence-electron chi connectivity index (χ0n) is 16.0. The van der Waals surface area contributed by atoms with Gasteiger partial charge in [-0.15, -0.1) is 0 Å². The molecule has 0 saturated carbocycles.